The average molecular weight is 291 g/mol. The SMILES string of the molecule is Cc1cccc([N+](=O)[O-])c1Oc1ccc(F)cc1[C@@H](C)O. The van der Waals surface area contributed by atoms with Crippen molar-refractivity contribution >= 4 is 5.69 Å². The van der Waals surface area contributed by atoms with Crippen LogP contribution in [0.1, 0.15) is 24.2 Å². The molecule has 0 radical (unpaired) electrons. The van der Waals surface area contributed by atoms with Gasteiger partial charge in [-0.3, -0.25) is 10.1 Å². The molecule has 0 fully saturated rings. The summed E-state index contributed by atoms with van der Waals surface area (Å²) in [7, 11) is 0. The minimum atomic E-state index is -0.959. The minimum Gasteiger partial charge on any atom is -0.449 e. The molecule has 1 atom stereocenters. The first kappa shape index (κ1) is 14.9. The number of nitrogens with zero attached hydrogens (tertiary/aromatic N) is 1. The van der Waals surface area contributed by atoms with Crippen molar-refractivity contribution < 1.29 is 19.2 Å². The van der Waals surface area contributed by atoms with Gasteiger partial charge in [-0.15, -0.1) is 0 Å². The highest BCUT2D eigenvalue weighted by molar-refractivity contribution is 5.54. The fraction of sp³-hybridized carbons (Fsp3) is 0.200. The van der Waals surface area contributed by atoms with Crippen molar-refractivity contribution in [3.05, 3.63) is 63.5 Å². The molecule has 0 heterocycles. The quantitative estimate of drug-likeness (QED) is 0.685. The maximum absolute atomic E-state index is 13.3. The first-order valence-electron chi connectivity index (χ1n) is 6.29. The number of aliphatic hydroxyl groups excluding tert-OH is 1. The summed E-state index contributed by atoms with van der Waals surface area (Å²) in [4.78, 5) is 10.5. The molecule has 0 bridgehead atoms. The van der Waals surface area contributed by atoms with E-state index in [-0.39, 0.29) is 22.7 Å². The van der Waals surface area contributed by atoms with Crippen LogP contribution in [-0.2, 0) is 0 Å². The summed E-state index contributed by atoms with van der Waals surface area (Å²) in [6, 6.07) is 8.21. The number of halogens is 1. The van der Waals surface area contributed by atoms with Crippen molar-refractivity contribution in [3.8, 4) is 11.5 Å². The fourth-order valence-electron chi connectivity index (χ4n) is 1.96. The maximum Gasteiger partial charge on any atom is 0.311 e. The number of hydrogen-bond acceptors (Lipinski definition) is 4. The third-order valence-corrected chi connectivity index (χ3v) is 3.02. The predicted molar refractivity (Wildman–Crippen MR) is 74.9 cm³/mol. The average Bonchev–Trinajstić information content (AvgIpc) is 2.42. The Morgan fingerprint density at radius 3 is 2.67 bits per heavy atom. The zero-order valence-corrected chi connectivity index (χ0v) is 11.5. The molecule has 0 spiro atoms. The molecule has 0 aliphatic rings. The van der Waals surface area contributed by atoms with Crippen LogP contribution >= 0.6 is 0 Å². The Balaban J connectivity index is 2.51. The van der Waals surface area contributed by atoms with E-state index in [2.05, 4.69) is 0 Å². The van der Waals surface area contributed by atoms with E-state index in [9.17, 15) is 19.6 Å². The van der Waals surface area contributed by atoms with Crippen LogP contribution in [0.25, 0.3) is 0 Å². The van der Waals surface area contributed by atoms with Crippen LogP contribution in [0.4, 0.5) is 10.1 Å². The van der Waals surface area contributed by atoms with E-state index >= 15 is 0 Å². The Morgan fingerprint density at radius 2 is 2.05 bits per heavy atom. The number of para-hydroxylation sites is 1. The van der Waals surface area contributed by atoms with Gasteiger partial charge in [0.2, 0.25) is 5.75 Å². The van der Waals surface area contributed by atoms with Gasteiger partial charge in [-0.1, -0.05) is 12.1 Å². The molecule has 6 heteroatoms. The molecule has 2 aromatic rings. The number of rotatable bonds is 4. The van der Waals surface area contributed by atoms with Crippen LogP contribution in [-0.4, -0.2) is 10.0 Å². The van der Waals surface area contributed by atoms with E-state index < -0.39 is 16.8 Å². The molecule has 0 aromatic heterocycles. The maximum atomic E-state index is 13.3. The van der Waals surface area contributed by atoms with E-state index in [0.717, 1.165) is 6.07 Å². The molecule has 0 unspecified atom stereocenters. The lowest BCUT2D eigenvalue weighted by molar-refractivity contribution is -0.385. The Bertz CT molecular complexity index is 685. The van der Waals surface area contributed by atoms with Gasteiger partial charge < -0.3 is 9.84 Å². The van der Waals surface area contributed by atoms with Crippen molar-refractivity contribution in [2.24, 2.45) is 0 Å². The van der Waals surface area contributed by atoms with Crippen LogP contribution < -0.4 is 4.74 Å². The first-order valence-corrected chi connectivity index (χ1v) is 6.29. The van der Waals surface area contributed by atoms with Gasteiger partial charge in [0, 0.05) is 11.6 Å². The van der Waals surface area contributed by atoms with Gasteiger partial charge in [0.15, 0.2) is 0 Å². The van der Waals surface area contributed by atoms with Crippen molar-refractivity contribution in [2.75, 3.05) is 0 Å². The van der Waals surface area contributed by atoms with E-state index in [4.69, 9.17) is 4.74 Å². The van der Waals surface area contributed by atoms with Crippen LogP contribution in [0, 0.1) is 22.9 Å². The minimum absolute atomic E-state index is 0.0796. The van der Waals surface area contributed by atoms with Gasteiger partial charge in [0.05, 0.1) is 11.0 Å². The van der Waals surface area contributed by atoms with Gasteiger partial charge in [0.25, 0.3) is 0 Å². The van der Waals surface area contributed by atoms with E-state index in [1.54, 1.807) is 19.1 Å². The third kappa shape index (κ3) is 3.17. The van der Waals surface area contributed by atoms with Gasteiger partial charge in [0.1, 0.15) is 11.6 Å². The molecular weight excluding hydrogens is 277 g/mol. The Morgan fingerprint density at radius 1 is 1.33 bits per heavy atom. The highest BCUT2D eigenvalue weighted by atomic mass is 19.1. The van der Waals surface area contributed by atoms with E-state index in [0.29, 0.717) is 5.56 Å². The second kappa shape index (κ2) is 5.88. The molecule has 1 N–H and O–H groups in total. The third-order valence-electron chi connectivity index (χ3n) is 3.02. The summed E-state index contributed by atoms with van der Waals surface area (Å²) in [5.74, 6) is -0.252. The number of nitro benzene ring substituents is 1. The molecular formula is C15H14FNO4. The molecule has 0 saturated heterocycles. The Hall–Kier alpha value is -2.47. The topological polar surface area (TPSA) is 72.6 Å². The lowest BCUT2D eigenvalue weighted by atomic mass is 10.1. The van der Waals surface area contributed by atoms with Crippen LogP contribution in [0.3, 0.4) is 0 Å². The number of aryl methyl sites for hydroxylation is 1. The summed E-state index contributed by atoms with van der Waals surface area (Å²) in [6.07, 6.45) is -0.959. The largest absolute Gasteiger partial charge is 0.449 e. The van der Waals surface area contributed by atoms with Crippen LogP contribution in [0.15, 0.2) is 36.4 Å². The zero-order chi connectivity index (χ0) is 15.6. The molecule has 110 valence electrons. The van der Waals surface area contributed by atoms with Crippen molar-refractivity contribution in [1.29, 1.82) is 0 Å². The lowest BCUT2D eigenvalue weighted by Gasteiger charge is -2.14. The molecule has 21 heavy (non-hydrogen) atoms. The molecule has 2 aromatic carbocycles. The standard InChI is InChI=1S/C15H14FNO4/c1-9-4-3-5-13(17(19)20)15(9)21-14-7-6-11(16)8-12(14)10(2)18/h3-8,10,18H,1-2H3/t10-/m1/s1. The molecule has 0 saturated carbocycles. The van der Waals surface area contributed by atoms with Gasteiger partial charge in [-0.2, -0.15) is 0 Å². The van der Waals surface area contributed by atoms with Gasteiger partial charge in [-0.25, -0.2) is 4.39 Å². The highest BCUT2D eigenvalue weighted by Gasteiger charge is 2.20. The van der Waals surface area contributed by atoms with Gasteiger partial charge >= 0.3 is 5.69 Å². The molecule has 0 aliphatic carbocycles. The number of nitro groups is 1. The number of hydrogen-bond donors (Lipinski definition) is 1. The monoisotopic (exact) mass is 291 g/mol. The van der Waals surface area contributed by atoms with E-state index in [1.807, 2.05) is 0 Å². The zero-order valence-electron chi connectivity index (χ0n) is 11.5. The van der Waals surface area contributed by atoms with Crippen molar-refractivity contribution in [2.45, 2.75) is 20.0 Å². The Labute approximate surface area is 120 Å². The van der Waals surface area contributed by atoms with Crippen LogP contribution in [0.2, 0.25) is 0 Å². The number of benzene rings is 2. The lowest BCUT2D eigenvalue weighted by Crippen LogP contribution is -2.00. The fourth-order valence-corrected chi connectivity index (χ4v) is 1.96. The van der Waals surface area contributed by atoms with E-state index in [1.165, 1.54) is 25.1 Å². The summed E-state index contributed by atoms with van der Waals surface area (Å²) < 4.78 is 18.8. The summed E-state index contributed by atoms with van der Waals surface area (Å²) in [5.41, 5.74) is 0.619. The van der Waals surface area contributed by atoms with Crippen LogP contribution in [0.5, 0.6) is 11.5 Å². The molecule has 0 amide bonds. The highest BCUT2D eigenvalue weighted by Crippen LogP contribution is 2.37. The summed E-state index contributed by atoms with van der Waals surface area (Å²) >= 11 is 0. The second-order valence-corrected chi connectivity index (χ2v) is 4.64. The number of aliphatic hydroxyl groups is 1. The predicted octanol–water partition coefficient (Wildman–Crippen LogP) is 3.89. The Kier molecular flexibility index (Phi) is 4.18. The normalized spacial score (nSPS) is 12.0. The summed E-state index contributed by atoms with van der Waals surface area (Å²) in [6.45, 7) is 3.14. The van der Waals surface area contributed by atoms with Crippen molar-refractivity contribution in [3.63, 3.8) is 0 Å². The molecule has 2 rings (SSSR count). The first-order chi connectivity index (χ1) is 9.90. The smallest absolute Gasteiger partial charge is 0.311 e. The second-order valence-electron chi connectivity index (χ2n) is 4.64. The van der Waals surface area contributed by atoms with Crippen molar-refractivity contribution in [1.82, 2.24) is 0 Å². The molecule has 5 nitrogen and oxygen atoms in total. The summed E-state index contributed by atoms with van der Waals surface area (Å²) in [5, 5.41) is 20.7. The number of ether oxygens (including phenoxy) is 1. The van der Waals surface area contributed by atoms with Gasteiger partial charge in [-0.05, 0) is 37.6 Å². The molecule has 0 aliphatic heterocycles.